The highest BCUT2D eigenvalue weighted by molar-refractivity contribution is 7.13. The zero-order chi connectivity index (χ0) is 10.7. The Labute approximate surface area is 91.6 Å². The van der Waals surface area contributed by atoms with Gasteiger partial charge in [-0.2, -0.15) is 0 Å². The van der Waals surface area contributed by atoms with Gasteiger partial charge in [-0.3, -0.25) is 0 Å². The molecule has 78 valence electrons. The number of benzene rings is 1. The summed E-state index contributed by atoms with van der Waals surface area (Å²) in [4.78, 5) is 4.38. The lowest BCUT2D eigenvalue weighted by Crippen LogP contribution is -2.02. The number of rotatable bonds is 3. The third-order valence-corrected chi connectivity index (χ3v) is 2.96. The fraction of sp³-hybridized carbons (Fsp3) is 0.182. The van der Waals surface area contributed by atoms with Crippen LogP contribution < -0.4 is 5.73 Å². The Kier molecular flexibility index (Phi) is 3.08. The number of nitrogens with two attached hydrogens (primary N) is 1. The van der Waals surface area contributed by atoms with Crippen LogP contribution in [0.25, 0.3) is 10.6 Å². The van der Waals surface area contributed by atoms with Crippen LogP contribution in [0, 0.1) is 5.82 Å². The van der Waals surface area contributed by atoms with E-state index in [-0.39, 0.29) is 5.82 Å². The molecular weight excluding hydrogens is 211 g/mol. The van der Waals surface area contributed by atoms with Crippen molar-refractivity contribution in [1.29, 1.82) is 0 Å². The molecule has 2 aromatic rings. The maximum absolute atomic E-state index is 13.0. The predicted octanol–water partition coefficient (Wildman–Crippen LogP) is 2.45. The molecule has 0 amide bonds. The van der Waals surface area contributed by atoms with E-state index in [9.17, 15) is 4.39 Å². The van der Waals surface area contributed by atoms with Crippen molar-refractivity contribution in [3.8, 4) is 10.6 Å². The van der Waals surface area contributed by atoms with Gasteiger partial charge < -0.3 is 5.73 Å². The number of hydrogen-bond donors (Lipinski definition) is 1. The molecule has 0 unspecified atom stereocenters. The van der Waals surface area contributed by atoms with Gasteiger partial charge in [-0.25, -0.2) is 9.37 Å². The normalized spacial score (nSPS) is 10.5. The molecule has 1 heterocycles. The van der Waals surface area contributed by atoms with Crippen molar-refractivity contribution in [3.05, 3.63) is 41.2 Å². The van der Waals surface area contributed by atoms with Gasteiger partial charge in [0.25, 0.3) is 0 Å². The molecular formula is C11H11FN2S. The van der Waals surface area contributed by atoms with Crippen LogP contribution in [0.15, 0.2) is 29.6 Å². The maximum Gasteiger partial charge on any atom is 0.123 e. The Bertz CT molecular complexity index is 453. The molecule has 0 radical (unpaired) electrons. The van der Waals surface area contributed by atoms with E-state index >= 15 is 0 Å². The van der Waals surface area contributed by atoms with Gasteiger partial charge in [0.2, 0.25) is 0 Å². The molecule has 0 aliphatic rings. The third-order valence-electron chi connectivity index (χ3n) is 2.02. The van der Waals surface area contributed by atoms with E-state index < -0.39 is 0 Å². The van der Waals surface area contributed by atoms with Gasteiger partial charge in [-0.1, -0.05) is 12.1 Å². The monoisotopic (exact) mass is 222 g/mol. The van der Waals surface area contributed by atoms with Gasteiger partial charge in [0.15, 0.2) is 0 Å². The van der Waals surface area contributed by atoms with E-state index in [0.29, 0.717) is 6.54 Å². The molecule has 0 saturated carbocycles. The second-order valence-electron chi connectivity index (χ2n) is 3.19. The van der Waals surface area contributed by atoms with Crippen LogP contribution in [0.1, 0.15) is 5.69 Å². The molecule has 2 N–H and O–H groups in total. The fourth-order valence-corrected chi connectivity index (χ4v) is 2.18. The summed E-state index contributed by atoms with van der Waals surface area (Å²) in [5.74, 6) is -0.233. The SMILES string of the molecule is NCCc1csc(-c2cccc(F)c2)n1. The van der Waals surface area contributed by atoms with Crippen LogP contribution in [0.2, 0.25) is 0 Å². The maximum atomic E-state index is 13.0. The minimum Gasteiger partial charge on any atom is -0.330 e. The predicted molar refractivity (Wildman–Crippen MR) is 60.3 cm³/mol. The Balaban J connectivity index is 2.29. The van der Waals surface area contributed by atoms with Crippen LogP contribution in [-0.4, -0.2) is 11.5 Å². The molecule has 2 nitrogen and oxygen atoms in total. The summed E-state index contributed by atoms with van der Waals surface area (Å²) < 4.78 is 13.0. The first kappa shape index (κ1) is 10.3. The van der Waals surface area contributed by atoms with E-state index in [4.69, 9.17) is 5.73 Å². The number of aromatic nitrogens is 1. The zero-order valence-electron chi connectivity index (χ0n) is 8.11. The lowest BCUT2D eigenvalue weighted by Gasteiger charge is -1.95. The van der Waals surface area contributed by atoms with Crippen LogP contribution >= 0.6 is 11.3 Å². The van der Waals surface area contributed by atoms with Crippen molar-refractivity contribution in [2.75, 3.05) is 6.54 Å². The van der Waals surface area contributed by atoms with Gasteiger partial charge in [-0.15, -0.1) is 11.3 Å². The summed E-state index contributed by atoms with van der Waals surface area (Å²) >= 11 is 1.52. The van der Waals surface area contributed by atoms with Gasteiger partial charge in [-0.05, 0) is 18.7 Å². The summed E-state index contributed by atoms with van der Waals surface area (Å²) in [6, 6.07) is 6.46. The van der Waals surface area contributed by atoms with E-state index in [0.717, 1.165) is 22.7 Å². The minimum absolute atomic E-state index is 0.233. The Morgan fingerprint density at radius 1 is 1.40 bits per heavy atom. The quantitative estimate of drug-likeness (QED) is 0.866. The van der Waals surface area contributed by atoms with E-state index in [2.05, 4.69) is 4.98 Å². The smallest absolute Gasteiger partial charge is 0.123 e. The molecule has 1 aromatic heterocycles. The second kappa shape index (κ2) is 4.51. The van der Waals surface area contributed by atoms with Crippen molar-refractivity contribution >= 4 is 11.3 Å². The van der Waals surface area contributed by atoms with Crippen molar-refractivity contribution in [3.63, 3.8) is 0 Å². The summed E-state index contributed by atoms with van der Waals surface area (Å²) in [6.45, 7) is 0.590. The zero-order valence-corrected chi connectivity index (χ0v) is 8.93. The standard InChI is InChI=1S/C11H11FN2S/c12-9-3-1-2-8(6-9)11-14-10(4-5-13)7-15-11/h1-3,6-7H,4-5,13H2. The summed E-state index contributed by atoms with van der Waals surface area (Å²) in [5, 5.41) is 2.81. The third kappa shape index (κ3) is 2.40. The molecule has 0 fully saturated rings. The molecule has 0 bridgehead atoms. The van der Waals surface area contributed by atoms with Gasteiger partial charge in [0.05, 0.1) is 5.69 Å². The molecule has 2 rings (SSSR count). The highest BCUT2D eigenvalue weighted by Crippen LogP contribution is 2.24. The largest absolute Gasteiger partial charge is 0.330 e. The Hall–Kier alpha value is -1.26. The molecule has 15 heavy (non-hydrogen) atoms. The topological polar surface area (TPSA) is 38.9 Å². The molecule has 4 heteroatoms. The van der Waals surface area contributed by atoms with Crippen LogP contribution in [0.5, 0.6) is 0 Å². The van der Waals surface area contributed by atoms with Gasteiger partial charge in [0.1, 0.15) is 10.8 Å². The van der Waals surface area contributed by atoms with E-state index in [1.807, 2.05) is 11.4 Å². The number of nitrogens with zero attached hydrogens (tertiary/aromatic N) is 1. The Morgan fingerprint density at radius 2 is 2.27 bits per heavy atom. The van der Waals surface area contributed by atoms with Crippen molar-refractivity contribution in [2.45, 2.75) is 6.42 Å². The van der Waals surface area contributed by atoms with E-state index in [1.54, 1.807) is 6.07 Å². The first-order valence-electron chi connectivity index (χ1n) is 4.70. The van der Waals surface area contributed by atoms with Gasteiger partial charge >= 0.3 is 0 Å². The highest BCUT2D eigenvalue weighted by atomic mass is 32.1. The van der Waals surface area contributed by atoms with Crippen molar-refractivity contribution in [2.24, 2.45) is 5.73 Å². The molecule has 0 aliphatic carbocycles. The molecule has 0 saturated heterocycles. The molecule has 0 spiro atoms. The van der Waals surface area contributed by atoms with Crippen LogP contribution in [0.4, 0.5) is 4.39 Å². The Morgan fingerprint density at radius 3 is 3.00 bits per heavy atom. The lowest BCUT2D eigenvalue weighted by molar-refractivity contribution is 0.628. The number of halogens is 1. The molecule has 0 atom stereocenters. The van der Waals surface area contributed by atoms with Crippen LogP contribution in [-0.2, 0) is 6.42 Å². The van der Waals surface area contributed by atoms with Gasteiger partial charge in [0, 0.05) is 17.4 Å². The fourth-order valence-electron chi connectivity index (χ4n) is 1.32. The summed E-state index contributed by atoms with van der Waals surface area (Å²) in [5.41, 5.74) is 7.23. The van der Waals surface area contributed by atoms with Crippen molar-refractivity contribution in [1.82, 2.24) is 4.98 Å². The summed E-state index contributed by atoms with van der Waals surface area (Å²) in [7, 11) is 0. The second-order valence-corrected chi connectivity index (χ2v) is 4.05. The first-order valence-corrected chi connectivity index (χ1v) is 5.58. The average molecular weight is 222 g/mol. The first-order chi connectivity index (χ1) is 7.29. The average Bonchev–Trinajstić information content (AvgIpc) is 2.67. The lowest BCUT2D eigenvalue weighted by atomic mass is 10.2. The number of hydrogen-bond acceptors (Lipinski definition) is 3. The summed E-state index contributed by atoms with van der Waals surface area (Å²) in [6.07, 6.45) is 0.770. The molecule has 0 aliphatic heterocycles. The minimum atomic E-state index is -0.233. The molecule has 1 aromatic carbocycles. The highest BCUT2D eigenvalue weighted by Gasteiger charge is 2.04. The van der Waals surface area contributed by atoms with Crippen molar-refractivity contribution < 1.29 is 4.39 Å². The number of thiazole rings is 1. The van der Waals surface area contributed by atoms with E-state index in [1.165, 1.54) is 23.5 Å². The van der Waals surface area contributed by atoms with Crippen LogP contribution in [0.3, 0.4) is 0 Å².